The van der Waals surface area contributed by atoms with Crippen molar-refractivity contribution in [2.24, 2.45) is 0 Å². The first-order valence-corrected chi connectivity index (χ1v) is 8.40. The molecular weight excluding hydrogens is 364 g/mol. The second-order valence-electron chi connectivity index (χ2n) is 5.52. The Kier molecular flexibility index (Phi) is 3.79. The lowest BCUT2D eigenvalue weighted by molar-refractivity contribution is 0.536. The lowest BCUT2D eigenvalue weighted by Gasteiger charge is -2.12. The molecule has 3 heteroatoms. The molecule has 0 bridgehead atoms. The molecule has 0 aliphatic carbocycles. The standard InChI is InChI=1S/C21H13BrO2/c22-16-11-12-17-18(13-16)19(14-7-3-1-4-8-14)20(24-21(17)23)15-9-5-2-6-10-15/h1-13H. The van der Waals surface area contributed by atoms with Crippen molar-refractivity contribution >= 4 is 26.7 Å². The first-order valence-electron chi connectivity index (χ1n) is 7.61. The van der Waals surface area contributed by atoms with Crippen LogP contribution >= 0.6 is 15.9 Å². The van der Waals surface area contributed by atoms with Crippen LogP contribution in [-0.2, 0) is 0 Å². The van der Waals surface area contributed by atoms with Crippen LogP contribution in [0, 0.1) is 0 Å². The van der Waals surface area contributed by atoms with Crippen LogP contribution in [0.3, 0.4) is 0 Å². The van der Waals surface area contributed by atoms with Crippen molar-refractivity contribution in [3.8, 4) is 22.5 Å². The van der Waals surface area contributed by atoms with E-state index in [1.54, 1.807) is 6.07 Å². The predicted molar refractivity (Wildman–Crippen MR) is 101 cm³/mol. The Bertz CT molecular complexity index is 1070. The van der Waals surface area contributed by atoms with E-state index >= 15 is 0 Å². The van der Waals surface area contributed by atoms with Crippen LogP contribution in [0.2, 0.25) is 0 Å². The van der Waals surface area contributed by atoms with Crippen molar-refractivity contribution in [2.45, 2.75) is 0 Å². The van der Waals surface area contributed by atoms with E-state index in [0.717, 1.165) is 26.5 Å². The second kappa shape index (κ2) is 6.10. The van der Waals surface area contributed by atoms with E-state index in [0.29, 0.717) is 11.1 Å². The van der Waals surface area contributed by atoms with Gasteiger partial charge in [-0.25, -0.2) is 4.79 Å². The Balaban J connectivity index is 2.18. The maximum absolute atomic E-state index is 12.5. The SMILES string of the molecule is O=c1oc(-c2ccccc2)c(-c2ccccc2)c2cc(Br)ccc12. The quantitative estimate of drug-likeness (QED) is 0.436. The van der Waals surface area contributed by atoms with Crippen LogP contribution in [0.15, 0.2) is 92.5 Å². The summed E-state index contributed by atoms with van der Waals surface area (Å²) in [5, 5.41) is 1.46. The van der Waals surface area contributed by atoms with Gasteiger partial charge in [-0.1, -0.05) is 76.6 Å². The van der Waals surface area contributed by atoms with Crippen molar-refractivity contribution in [1.29, 1.82) is 0 Å². The van der Waals surface area contributed by atoms with Gasteiger partial charge in [-0.15, -0.1) is 0 Å². The molecule has 0 unspecified atom stereocenters. The van der Waals surface area contributed by atoms with E-state index in [2.05, 4.69) is 15.9 Å². The summed E-state index contributed by atoms with van der Waals surface area (Å²) in [6.07, 6.45) is 0. The van der Waals surface area contributed by atoms with Crippen LogP contribution in [0.4, 0.5) is 0 Å². The van der Waals surface area contributed by atoms with Gasteiger partial charge in [0, 0.05) is 21.0 Å². The average molecular weight is 377 g/mol. The maximum atomic E-state index is 12.5. The zero-order valence-corrected chi connectivity index (χ0v) is 14.3. The number of fused-ring (bicyclic) bond motifs is 1. The molecule has 0 saturated carbocycles. The largest absolute Gasteiger partial charge is 0.422 e. The summed E-state index contributed by atoms with van der Waals surface area (Å²) in [4.78, 5) is 12.5. The average Bonchev–Trinajstić information content (AvgIpc) is 2.63. The van der Waals surface area contributed by atoms with E-state index in [-0.39, 0.29) is 5.63 Å². The molecule has 0 aliphatic rings. The fourth-order valence-electron chi connectivity index (χ4n) is 2.91. The number of hydrogen-bond donors (Lipinski definition) is 0. The van der Waals surface area contributed by atoms with Crippen LogP contribution in [0.5, 0.6) is 0 Å². The van der Waals surface area contributed by atoms with Gasteiger partial charge in [-0.2, -0.15) is 0 Å². The second-order valence-corrected chi connectivity index (χ2v) is 6.43. The molecule has 24 heavy (non-hydrogen) atoms. The van der Waals surface area contributed by atoms with E-state index in [9.17, 15) is 4.79 Å². The highest BCUT2D eigenvalue weighted by atomic mass is 79.9. The van der Waals surface area contributed by atoms with Crippen molar-refractivity contribution < 1.29 is 4.42 Å². The summed E-state index contributed by atoms with van der Waals surface area (Å²) in [5.74, 6) is 0.595. The lowest BCUT2D eigenvalue weighted by Crippen LogP contribution is -2.03. The van der Waals surface area contributed by atoms with Crippen molar-refractivity contribution in [3.05, 3.63) is 93.8 Å². The molecule has 0 fully saturated rings. The number of halogens is 1. The van der Waals surface area contributed by atoms with Gasteiger partial charge < -0.3 is 4.42 Å². The first kappa shape index (κ1) is 14.9. The minimum Gasteiger partial charge on any atom is -0.422 e. The molecule has 116 valence electrons. The zero-order chi connectivity index (χ0) is 16.5. The summed E-state index contributed by atoms with van der Waals surface area (Å²) in [6.45, 7) is 0. The zero-order valence-electron chi connectivity index (χ0n) is 12.7. The van der Waals surface area contributed by atoms with Crippen molar-refractivity contribution in [2.75, 3.05) is 0 Å². The molecule has 0 saturated heterocycles. The van der Waals surface area contributed by atoms with Crippen molar-refractivity contribution in [3.63, 3.8) is 0 Å². The Morgan fingerprint density at radius 3 is 2.00 bits per heavy atom. The van der Waals surface area contributed by atoms with Crippen LogP contribution in [0.1, 0.15) is 0 Å². The Hall–Kier alpha value is -2.65. The molecule has 0 N–H and O–H groups in total. The fraction of sp³-hybridized carbons (Fsp3) is 0. The smallest absolute Gasteiger partial charge is 0.344 e. The van der Waals surface area contributed by atoms with Crippen LogP contribution < -0.4 is 5.63 Å². The first-order chi connectivity index (χ1) is 11.7. The summed E-state index contributed by atoms with van der Waals surface area (Å²) in [5.41, 5.74) is 2.51. The van der Waals surface area contributed by atoms with Gasteiger partial charge in [-0.3, -0.25) is 0 Å². The molecule has 0 amide bonds. The Morgan fingerprint density at radius 1 is 0.708 bits per heavy atom. The molecule has 3 aromatic carbocycles. The van der Waals surface area contributed by atoms with E-state index in [1.165, 1.54) is 0 Å². The minimum atomic E-state index is -0.323. The summed E-state index contributed by atoms with van der Waals surface area (Å²) in [6, 6.07) is 25.4. The molecule has 1 heterocycles. The van der Waals surface area contributed by atoms with Crippen LogP contribution in [0.25, 0.3) is 33.2 Å². The third kappa shape index (κ3) is 2.57. The lowest BCUT2D eigenvalue weighted by atomic mass is 9.95. The molecule has 2 nitrogen and oxygen atoms in total. The van der Waals surface area contributed by atoms with Gasteiger partial charge in [0.2, 0.25) is 0 Å². The normalized spacial score (nSPS) is 10.9. The van der Waals surface area contributed by atoms with Crippen LogP contribution in [-0.4, -0.2) is 0 Å². The molecule has 0 radical (unpaired) electrons. The number of hydrogen-bond acceptors (Lipinski definition) is 2. The van der Waals surface area contributed by atoms with Crippen molar-refractivity contribution in [1.82, 2.24) is 0 Å². The van der Waals surface area contributed by atoms with Gasteiger partial charge in [0.1, 0.15) is 5.76 Å². The predicted octanol–water partition coefficient (Wildman–Crippen LogP) is 5.89. The van der Waals surface area contributed by atoms with Gasteiger partial charge in [0.15, 0.2) is 0 Å². The third-order valence-corrected chi connectivity index (χ3v) is 4.48. The van der Waals surface area contributed by atoms with Gasteiger partial charge in [0.25, 0.3) is 0 Å². The summed E-state index contributed by atoms with van der Waals surface area (Å²) in [7, 11) is 0. The number of benzene rings is 3. The fourth-order valence-corrected chi connectivity index (χ4v) is 3.27. The molecule has 4 aromatic rings. The molecule has 0 aliphatic heterocycles. The minimum absolute atomic E-state index is 0.323. The van der Waals surface area contributed by atoms with Gasteiger partial charge in [-0.05, 0) is 23.8 Å². The highest BCUT2D eigenvalue weighted by Crippen LogP contribution is 2.37. The highest BCUT2D eigenvalue weighted by Gasteiger charge is 2.17. The van der Waals surface area contributed by atoms with E-state index in [1.807, 2.05) is 72.8 Å². The highest BCUT2D eigenvalue weighted by molar-refractivity contribution is 9.10. The van der Waals surface area contributed by atoms with Gasteiger partial charge >= 0.3 is 5.63 Å². The third-order valence-electron chi connectivity index (χ3n) is 3.99. The molecule has 4 rings (SSSR count). The summed E-state index contributed by atoms with van der Waals surface area (Å²) < 4.78 is 6.66. The summed E-state index contributed by atoms with van der Waals surface area (Å²) >= 11 is 3.51. The van der Waals surface area contributed by atoms with E-state index in [4.69, 9.17) is 4.42 Å². The van der Waals surface area contributed by atoms with Gasteiger partial charge in [0.05, 0.1) is 5.39 Å². The Labute approximate surface area is 147 Å². The molecule has 0 spiro atoms. The Morgan fingerprint density at radius 2 is 1.33 bits per heavy atom. The molecule has 0 atom stereocenters. The van der Waals surface area contributed by atoms with E-state index < -0.39 is 0 Å². The topological polar surface area (TPSA) is 30.2 Å². The monoisotopic (exact) mass is 376 g/mol. The number of rotatable bonds is 2. The molecule has 1 aromatic heterocycles. The molecular formula is C21H13BrO2. The maximum Gasteiger partial charge on any atom is 0.344 e.